The van der Waals surface area contributed by atoms with Gasteiger partial charge in [0.25, 0.3) is 0 Å². The minimum atomic E-state index is -0.511. The third kappa shape index (κ3) is 6.09. The van der Waals surface area contributed by atoms with E-state index >= 15 is 0 Å². The average molecular weight is 390 g/mol. The third-order valence-electron chi connectivity index (χ3n) is 4.36. The molecule has 0 aliphatic heterocycles. The number of carbonyl (C=O) groups is 2. The summed E-state index contributed by atoms with van der Waals surface area (Å²) in [6.07, 6.45) is 2.05. The molecule has 0 saturated carbocycles. The quantitative estimate of drug-likeness (QED) is 0.361. The minimum Gasteiger partial charge on any atom is -0.497 e. The van der Waals surface area contributed by atoms with Gasteiger partial charge >= 0.3 is 11.6 Å². The molecule has 0 bridgehead atoms. The molecule has 8 nitrogen and oxygen atoms in total. The van der Waals surface area contributed by atoms with Crippen LogP contribution in [0.2, 0.25) is 0 Å². The minimum absolute atomic E-state index is 0.0749. The van der Waals surface area contributed by atoms with Crippen molar-refractivity contribution in [2.24, 2.45) is 0 Å². The molecule has 1 aromatic carbocycles. The summed E-state index contributed by atoms with van der Waals surface area (Å²) >= 11 is 0. The molecule has 28 heavy (non-hydrogen) atoms. The van der Waals surface area contributed by atoms with Crippen molar-refractivity contribution in [3.63, 3.8) is 0 Å². The van der Waals surface area contributed by atoms with Crippen LogP contribution >= 0.6 is 0 Å². The van der Waals surface area contributed by atoms with E-state index < -0.39 is 11.7 Å². The van der Waals surface area contributed by atoms with Gasteiger partial charge in [0.15, 0.2) is 0 Å². The number of ether oxygens (including phenoxy) is 2. The molecule has 0 radical (unpaired) electrons. The molecule has 1 heterocycles. The zero-order valence-corrected chi connectivity index (χ0v) is 16.4. The molecule has 8 heteroatoms. The van der Waals surface area contributed by atoms with Gasteiger partial charge in [-0.1, -0.05) is 0 Å². The van der Waals surface area contributed by atoms with Gasteiger partial charge in [-0.15, -0.1) is 0 Å². The number of nitrogens with one attached hydrogen (secondary N) is 2. The SMILES string of the molecule is COC(=O)[C@H](CCCCNC(C)=O)NCc1cc(=O)oc2cc(OC)ccc12. The normalized spacial score (nSPS) is 11.8. The largest absolute Gasteiger partial charge is 0.497 e. The molecular formula is C20H26N2O6. The summed E-state index contributed by atoms with van der Waals surface area (Å²) in [6.45, 7) is 2.34. The number of carbonyl (C=O) groups excluding carboxylic acids is 2. The highest BCUT2D eigenvalue weighted by Gasteiger charge is 2.19. The van der Waals surface area contributed by atoms with E-state index in [2.05, 4.69) is 10.6 Å². The Kier molecular flexibility index (Phi) is 8.01. The molecule has 2 N–H and O–H groups in total. The van der Waals surface area contributed by atoms with Crippen LogP contribution in [0.25, 0.3) is 11.0 Å². The first kappa shape index (κ1) is 21.4. The Morgan fingerprint density at radius 1 is 1.18 bits per heavy atom. The van der Waals surface area contributed by atoms with E-state index in [9.17, 15) is 14.4 Å². The Balaban J connectivity index is 2.06. The number of hydrogen-bond acceptors (Lipinski definition) is 7. The summed E-state index contributed by atoms with van der Waals surface area (Å²) < 4.78 is 15.3. The van der Waals surface area contributed by atoms with E-state index in [1.54, 1.807) is 12.1 Å². The predicted molar refractivity (Wildman–Crippen MR) is 104 cm³/mol. The Morgan fingerprint density at radius 2 is 1.96 bits per heavy atom. The second kappa shape index (κ2) is 10.5. The van der Waals surface area contributed by atoms with Crippen LogP contribution in [0.5, 0.6) is 5.75 Å². The van der Waals surface area contributed by atoms with E-state index in [1.165, 1.54) is 27.2 Å². The topological polar surface area (TPSA) is 107 Å². The molecule has 1 amide bonds. The number of hydrogen-bond donors (Lipinski definition) is 2. The Bertz CT molecular complexity index is 877. The maximum atomic E-state index is 12.1. The summed E-state index contributed by atoms with van der Waals surface area (Å²) in [5.74, 6) is 0.148. The van der Waals surface area contributed by atoms with Gasteiger partial charge in [-0.05, 0) is 37.0 Å². The summed E-state index contributed by atoms with van der Waals surface area (Å²) in [4.78, 5) is 34.8. The molecule has 1 aromatic heterocycles. The molecule has 2 aromatic rings. The fourth-order valence-corrected chi connectivity index (χ4v) is 2.90. The van der Waals surface area contributed by atoms with E-state index in [4.69, 9.17) is 13.9 Å². The van der Waals surface area contributed by atoms with Crippen LogP contribution < -0.4 is 21.0 Å². The van der Waals surface area contributed by atoms with Crippen molar-refractivity contribution in [2.45, 2.75) is 38.8 Å². The zero-order chi connectivity index (χ0) is 20.5. The maximum Gasteiger partial charge on any atom is 0.336 e. The van der Waals surface area contributed by atoms with Crippen LogP contribution in [0.4, 0.5) is 0 Å². The summed E-state index contributed by atoms with van der Waals surface area (Å²) in [7, 11) is 2.88. The fraction of sp³-hybridized carbons (Fsp3) is 0.450. The predicted octanol–water partition coefficient (Wildman–Crippen LogP) is 1.74. The van der Waals surface area contributed by atoms with Gasteiger partial charge in [0.2, 0.25) is 5.91 Å². The number of fused-ring (bicyclic) bond motifs is 1. The van der Waals surface area contributed by atoms with Gasteiger partial charge in [-0.3, -0.25) is 9.59 Å². The fourth-order valence-electron chi connectivity index (χ4n) is 2.90. The van der Waals surface area contributed by atoms with Crippen molar-refractivity contribution in [2.75, 3.05) is 20.8 Å². The van der Waals surface area contributed by atoms with Crippen molar-refractivity contribution in [1.82, 2.24) is 10.6 Å². The lowest BCUT2D eigenvalue weighted by Gasteiger charge is -2.17. The molecular weight excluding hydrogens is 364 g/mol. The maximum absolute atomic E-state index is 12.1. The van der Waals surface area contributed by atoms with E-state index in [0.29, 0.717) is 30.8 Å². The van der Waals surface area contributed by atoms with Crippen LogP contribution in [-0.2, 0) is 20.9 Å². The van der Waals surface area contributed by atoms with Crippen LogP contribution in [0.15, 0.2) is 33.5 Å². The Hall–Kier alpha value is -2.87. The second-order valence-corrected chi connectivity index (χ2v) is 6.39. The number of amides is 1. The molecule has 0 saturated heterocycles. The van der Waals surface area contributed by atoms with Gasteiger partial charge in [0.05, 0.1) is 14.2 Å². The van der Waals surface area contributed by atoms with E-state index in [-0.39, 0.29) is 11.9 Å². The molecule has 0 unspecified atom stereocenters. The highest BCUT2D eigenvalue weighted by Crippen LogP contribution is 2.22. The number of unbranched alkanes of at least 4 members (excludes halogenated alkanes) is 1. The lowest BCUT2D eigenvalue weighted by atomic mass is 10.1. The first-order valence-corrected chi connectivity index (χ1v) is 9.11. The van der Waals surface area contributed by atoms with Gasteiger partial charge in [0.1, 0.15) is 17.4 Å². The second-order valence-electron chi connectivity index (χ2n) is 6.39. The Labute approximate surface area is 163 Å². The van der Waals surface area contributed by atoms with Crippen LogP contribution in [0.1, 0.15) is 31.7 Å². The molecule has 0 fully saturated rings. The number of rotatable bonds is 10. The highest BCUT2D eigenvalue weighted by molar-refractivity contribution is 5.81. The average Bonchev–Trinajstić information content (AvgIpc) is 2.68. The molecule has 0 aliphatic carbocycles. The van der Waals surface area contributed by atoms with E-state index in [0.717, 1.165) is 23.8 Å². The molecule has 0 spiro atoms. The number of methoxy groups -OCH3 is 2. The molecule has 1 atom stereocenters. The first-order chi connectivity index (χ1) is 13.4. The van der Waals surface area contributed by atoms with Crippen LogP contribution in [-0.4, -0.2) is 38.7 Å². The standard InChI is InChI=1S/C20H26N2O6/c1-13(23)21-9-5-4-6-17(20(25)27-3)22-12-14-10-19(24)28-18-11-15(26-2)7-8-16(14)18/h7-8,10-11,17,22H,4-6,9,12H2,1-3H3,(H,21,23)/t17-/m0/s1. The highest BCUT2D eigenvalue weighted by atomic mass is 16.5. The smallest absolute Gasteiger partial charge is 0.336 e. The number of benzene rings is 1. The lowest BCUT2D eigenvalue weighted by molar-refractivity contribution is -0.143. The Morgan fingerprint density at radius 3 is 2.64 bits per heavy atom. The van der Waals surface area contributed by atoms with Crippen molar-refractivity contribution >= 4 is 22.8 Å². The van der Waals surface area contributed by atoms with Crippen molar-refractivity contribution in [1.29, 1.82) is 0 Å². The van der Waals surface area contributed by atoms with Crippen LogP contribution in [0.3, 0.4) is 0 Å². The summed E-state index contributed by atoms with van der Waals surface area (Å²) in [5.41, 5.74) is 0.678. The summed E-state index contributed by atoms with van der Waals surface area (Å²) in [5, 5.41) is 6.65. The summed E-state index contributed by atoms with van der Waals surface area (Å²) in [6, 6.07) is 6.15. The monoisotopic (exact) mass is 390 g/mol. The van der Waals surface area contributed by atoms with Crippen molar-refractivity contribution in [3.8, 4) is 5.75 Å². The van der Waals surface area contributed by atoms with Gasteiger partial charge in [0, 0.05) is 37.5 Å². The molecule has 0 aliphatic rings. The zero-order valence-electron chi connectivity index (χ0n) is 16.4. The van der Waals surface area contributed by atoms with E-state index in [1.807, 2.05) is 6.07 Å². The van der Waals surface area contributed by atoms with Crippen LogP contribution in [0, 0.1) is 0 Å². The molecule has 152 valence electrons. The van der Waals surface area contributed by atoms with Gasteiger partial charge in [-0.2, -0.15) is 0 Å². The molecule has 2 rings (SSSR count). The van der Waals surface area contributed by atoms with Gasteiger partial charge in [-0.25, -0.2) is 4.79 Å². The van der Waals surface area contributed by atoms with Gasteiger partial charge < -0.3 is 24.5 Å². The van der Waals surface area contributed by atoms with Crippen molar-refractivity contribution in [3.05, 3.63) is 40.2 Å². The van der Waals surface area contributed by atoms with Crippen molar-refractivity contribution < 1.29 is 23.5 Å². The third-order valence-corrected chi connectivity index (χ3v) is 4.36. The number of esters is 1. The lowest BCUT2D eigenvalue weighted by Crippen LogP contribution is -2.37. The first-order valence-electron chi connectivity index (χ1n) is 9.11.